The minimum absolute atomic E-state index is 0.223. The Balaban J connectivity index is 2.25. The Morgan fingerprint density at radius 2 is 1.89 bits per heavy atom. The maximum Gasteiger partial charge on any atom is 0.231 e. The fourth-order valence-corrected chi connectivity index (χ4v) is 3.12. The summed E-state index contributed by atoms with van der Waals surface area (Å²) in [4.78, 5) is 14.7. The Morgan fingerprint density at radius 3 is 2.47 bits per heavy atom. The summed E-state index contributed by atoms with van der Waals surface area (Å²) in [5.41, 5.74) is 5.73. The Kier molecular flexibility index (Phi) is 4.48. The predicted molar refractivity (Wildman–Crippen MR) is 76.6 cm³/mol. The second-order valence-corrected chi connectivity index (χ2v) is 6.03. The number of aryl methyl sites for hydroxylation is 1. The average molecular weight is 297 g/mol. The van der Waals surface area contributed by atoms with Gasteiger partial charge in [-0.15, -0.1) is 10.2 Å². The van der Waals surface area contributed by atoms with Gasteiger partial charge in [-0.2, -0.15) is 15.0 Å². The van der Waals surface area contributed by atoms with Crippen LogP contribution in [-0.2, 0) is 0 Å². The minimum Gasteiger partial charge on any atom is -0.368 e. The molecule has 2 aromatic heterocycles. The molecule has 0 unspecified atom stereocenters. The summed E-state index contributed by atoms with van der Waals surface area (Å²) >= 11 is 2.85. The summed E-state index contributed by atoms with van der Waals surface area (Å²) in [5.74, 6) is 0.821. The van der Waals surface area contributed by atoms with Crippen LogP contribution in [-0.4, -0.2) is 38.2 Å². The lowest BCUT2D eigenvalue weighted by Gasteiger charge is -2.18. The lowest BCUT2D eigenvalue weighted by Crippen LogP contribution is -2.25. The smallest absolute Gasteiger partial charge is 0.231 e. The van der Waals surface area contributed by atoms with Gasteiger partial charge in [0.2, 0.25) is 17.1 Å². The Morgan fingerprint density at radius 1 is 1.16 bits per heavy atom. The first-order valence-electron chi connectivity index (χ1n) is 5.86. The molecule has 7 nitrogen and oxygen atoms in total. The van der Waals surface area contributed by atoms with Gasteiger partial charge in [0.05, 0.1) is 0 Å². The van der Waals surface area contributed by atoms with Gasteiger partial charge in [-0.25, -0.2) is 0 Å². The Hall–Kier alpha value is -1.48. The molecule has 0 atom stereocenters. The van der Waals surface area contributed by atoms with E-state index in [-0.39, 0.29) is 5.95 Å². The van der Waals surface area contributed by atoms with Gasteiger partial charge in [0.1, 0.15) is 5.01 Å². The van der Waals surface area contributed by atoms with Crippen molar-refractivity contribution in [2.24, 2.45) is 0 Å². The van der Waals surface area contributed by atoms with Crippen molar-refractivity contribution in [3.63, 3.8) is 0 Å². The zero-order valence-corrected chi connectivity index (χ0v) is 12.6. The highest BCUT2D eigenvalue weighted by molar-refractivity contribution is 8.00. The standard InChI is InChI=1S/C10H15N7S2/c1-4-17(5-2)8-12-7(11)13-9(14-8)19-10-16-15-6(3)18-10/h4-5H2,1-3H3,(H2,11,12,13,14). The number of anilines is 2. The van der Waals surface area contributed by atoms with Crippen LogP contribution in [0.4, 0.5) is 11.9 Å². The van der Waals surface area contributed by atoms with Gasteiger partial charge in [-0.3, -0.25) is 0 Å². The molecule has 2 rings (SSSR count). The second-order valence-electron chi connectivity index (χ2n) is 3.64. The first-order chi connectivity index (χ1) is 9.12. The third-order valence-corrected chi connectivity index (χ3v) is 4.11. The van der Waals surface area contributed by atoms with Crippen molar-refractivity contribution >= 4 is 35.0 Å². The van der Waals surface area contributed by atoms with E-state index in [2.05, 4.69) is 25.1 Å². The molecule has 0 fully saturated rings. The van der Waals surface area contributed by atoms with Gasteiger partial charge in [-0.1, -0.05) is 11.3 Å². The normalized spacial score (nSPS) is 10.7. The Labute approximate surface area is 119 Å². The topological polar surface area (TPSA) is 93.7 Å². The van der Waals surface area contributed by atoms with E-state index < -0.39 is 0 Å². The predicted octanol–water partition coefficient (Wildman–Crippen LogP) is 1.61. The van der Waals surface area contributed by atoms with Crippen LogP contribution in [0.2, 0.25) is 0 Å². The van der Waals surface area contributed by atoms with Crippen molar-refractivity contribution in [3.8, 4) is 0 Å². The molecule has 0 bridgehead atoms. The summed E-state index contributed by atoms with van der Waals surface area (Å²) < 4.78 is 0.800. The molecule has 0 amide bonds. The molecule has 0 radical (unpaired) electrons. The van der Waals surface area contributed by atoms with Crippen LogP contribution >= 0.6 is 23.1 Å². The van der Waals surface area contributed by atoms with Gasteiger partial charge in [0, 0.05) is 13.1 Å². The fourth-order valence-electron chi connectivity index (χ4n) is 1.45. The van der Waals surface area contributed by atoms with E-state index in [1.54, 1.807) is 0 Å². The summed E-state index contributed by atoms with van der Waals surface area (Å²) in [5, 5.41) is 9.45. The van der Waals surface area contributed by atoms with E-state index in [4.69, 9.17) is 5.73 Å². The highest BCUT2D eigenvalue weighted by Crippen LogP contribution is 2.28. The maximum absolute atomic E-state index is 5.73. The number of nitrogens with zero attached hydrogens (tertiary/aromatic N) is 6. The molecule has 0 saturated heterocycles. The largest absolute Gasteiger partial charge is 0.368 e. The summed E-state index contributed by atoms with van der Waals surface area (Å²) in [6.07, 6.45) is 0. The van der Waals surface area contributed by atoms with Crippen molar-refractivity contribution < 1.29 is 0 Å². The van der Waals surface area contributed by atoms with E-state index in [9.17, 15) is 0 Å². The third-order valence-electron chi connectivity index (χ3n) is 2.35. The zero-order chi connectivity index (χ0) is 13.8. The number of nitrogen functional groups attached to an aromatic ring is 1. The minimum atomic E-state index is 0.223. The summed E-state index contributed by atoms with van der Waals surface area (Å²) in [7, 11) is 0. The quantitative estimate of drug-likeness (QED) is 0.889. The molecule has 0 saturated carbocycles. The van der Waals surface area contributed by atoms with Crippen LogP contribution in [0.15, 0.2) is 9.50 Å². The average Bonchev–Trinajstić information content (AvgIpc) is 2.75. The third kappa shape index (κ3) is 3.51. The molecule has 0 spiro atoms. The number of nitrogens with two attached hydrogens (primary N) is 1. The van der Waals surface area contributed by atoms with Crippen molar-refractivity contribution in [2.45, 2.75) is 30.3 Å². The van der Waals surface area contributed by atoms with Crippen LogP contribution in [0.5, 0.6) is 0 Å². The molecule has 9 heteroatoms. The molecule has 0 aromatic carbocycles. The van der Waals surface area contributed by atoms with Crippen molar-refractivity contribution in [3.05, 3.63) is 5.01 Å². The van der Waals surface area contributed by atoms with Gasteiger partial charge < -0.3 is 10.6 Å². The van der Waals surface area contributed by atoms with Crippen LogP contribution in [0.25, 0.3) is 0 Å². The molecule has 0 aliphatic rings. The maximum atomic E-state index is 5.73. The van der Waals surface area contributed by atoms with Crippen molar-refractivity contribution in [1.82, 2.24) is 25.1 Å². The lowest BCUT2D eigenvalue weighted by atomic mass is 10.5. The molecule has 102 valence electrons. The van der Waals surface area contributed by atoms with Gasteiger partial charge in [0.25, 0.3) is 0 Å². The SMILES string of the molecule is CCN(CC)c1nc(N)nc(Sc2nnc(C)s2)n1. The molecule has 2 heterocycles. The van der Waals surface area contributed by atoms with Crippen LogP contribution < -0.4 is 10.6 Å². The summed E-state index contributed by atoms with van der Waals surface area (Å²) in [6.45, 7) is 7.64. The van der Waals surface area contributed by atoms with Gasteiger partial charge in [-0.05, 0) is 32.5 Å². The number of rotatable bonds is 5. The lowest BCUT2D eigenvalue weighted by molar-refractivity contribution is 0.786. The zero-order valence-electron chi connectivity index (χ0n) is 11.0. The van der Waals surface area contributed by atoms with Gasteiger partial charge in [0.15, 0.2) is 4.34 Å². The first kappa shape index (κ1) is 13.9. The van der Waals surface area contributed by atoms with Crippen LogP contribution in [0.3, 0.4) is 0 Å². The molecular weight excluding hydrogens is 282 g/mol. The molecule has 19 heavy (non-hydrogen) atoms. The number of hydrogen-bond acceptors (Lipinski definition) is 9. The number of aromatic nitrogens is 5. The Bertz CT molecular complexity index is 553. The monoisotopic (exact) mass is 297 g/mol. The van der Waals surface area contributed by atoms with E-state index in [0.29, 0.717) is 11.1 Å². The van der Waals surface area contributed by atoms with Crippen LogP contribution in [0.1, 0.15) is 18.9 Å². The molecule has 2 aromatic rings. The van der Waals surface area contributed by atoms with Crippen molar-refractivity contribution in [1.29, 1.82) is 0 Å². The van der Waals surface area contributed by atoms with E-state index in [1.807, 2.05) is 25.7 Å². The van der Waals surface area contributed by atoms with E-state index in [1.165, 1.54) is 23.1 Å². The highest BCUT2D eigenvalue weighted by atomic mass is 32.2. The van der Waals surface area contributed by atoms with Crippen LogP contribution in [0, 0.1) is 6.92 Å². The first-order valence-corrected chi connectivity index (χ1v) is 7.50. The van der Waals surface area contributed by atoms with Gasteiger partial charge >= 0.3 is 0 Å². The fraction of sp³-hybridized carbons (Fsp3) is 0.500. The van der Waals surface area contributed by atoms with E-state index >= 15 is 0 Å². The second kappa shape index (κ2) is 6.11. The molecular formula is C10H15N7S2. The number of hydrogen-bond donors (Lipinski definition) is 1. The van der Waals surface area contributed by atoms with Crippen molar-refractivity contribution in [2.75, 3.05) is 23.7 Å². The molecule has 0 aliphatic heterocycles. The van der Waals surface area contributed by atoms with E-state index in [0.717, 1.165) is 22.4 Å². The summed E-state index contributed by atoms with van der Waals surface area (Å²) in [6, 6.07) is 0. The molecule has 2 N–H and O–H groups in total. The molecule has 0 aliphatic carbocycles. The highest BCUT2D eigenvalue weighted by Gasteiger charge is 2.12.